The van der Waals surface area contributed by atoms with Gasteiger partial charge >= 0.3 is 6.18 Å². The molecule has 0 radical (unpaired) electrons. The third-order valence-corrected chi connectivity index (χ3v) is 2.89. The summed E-state index contributed by atoms with van der Waals surface area (Å²) in [6, 6.07) is 0. The lowest BCUT2D eigenvalue weighted by molar-refractivity contribution is -0.155. The molecule has 20 heavy (non-hydrogen) atoms. The molecular formula is C10H10F3N5O2. The first-order chi connectivity index (χ1) is 9.15. The zero-order chi connectivity index (χ0) is 15.1. The number of rotatable bonds is 3. The largest absolute Gasteiger partial charge is 0.392 e. The number of amidine groups is 1. The summed E-state index contributed by atoms with van der Waals surface area (Å²) in [5.74, 6) is -2.26. The lowest BCUT2D eigenvalue weighted by Crippen LogP contribution is -2.49. The number of fused-ring (bicyclic) bond motifs is 1. The van der Waals surface area contributed by atoms with E-state index in [0.717, 1.165) is 17.4 Å². The predicted octanol–water partition coefficient (Wildman–Crippen LogP) is -0.712. The molecule has 0 fully saturated rings. The lowest BCUT2D eigenvalue weighted by Gasteiger charge is -2.24. The Balaban J connectivity index is 2.45. The minimum atomic E-state index is -4.64. The molecular weight excluding hydrogens is 279 g/mol. The van der Waals surface area contributed by atoms with Gasteiger partial charge in [-0.1, -0.05) is 0 Å². The van der Waals surface area contributed by atoms with Crippen LogP contribution in [0.4, 0.5) is 13.2 Å². The van der Waals surface area contributed by atoms with E-state index in [1.54, 1.807) is 0 Å². The second-order valence-electron chi connectivity index (χ2n) is 4.42. The van der Waals surface area contributed by atoms with Crippen molar-refractivity contribution in [2.45, 2.75) is 18.1 Å². The Kier molecular flexibility index (Phi) is 3.03. The van der Waals surface area contributed by atoms with E-state index < -0.39 is 36.5 Å². The molecule has 2 aliphatic heterocycles. The predicted molar refractivity (Wildman–Crippen MR) is 62.5 cm³/mol. The van der Waals surface area contributed by atoms with Crippen LogP contribution in [0.1, 0.15) is 6.42 Å². The molecule has 0 bridgehead atoms. The second-order valence-corrected chi connectivity index (χ2v) is 4.42. The van der Waals surface area contributed by atoms with Gasteiger partial charge in [0, 0.05) is 6.20 Å². The van der Waals surface area contributed by atoms with Gasteiger partial charge in [-0.15, -0.1) is 0 Å². The summed E-state index contributed by atoms with van der Waals surface area (Å²) in [5, 5.41) is 0. The highest BCUT2D eigenvalue weighted by molar-refractivity contribution is 6.24. The van der Waals surface area contributed by atoms with Crippen molar-refractivity contribution >= 4 is 24.0 Å². The number of nitrogens with two attached hydrogens (primary N) is 2. The smallest absolute Gasteiger partial charge is 0.367 e. The Labute approximate surface area is 110 Å². The molecule has 0 saturated carbocycles. The van der Waals surface area contributed by atoms with Gasteiger partial charge in [-0.25, -0.2) is 9.98 Å². The van der Waals surface area contributed by atoms with Crippen LogP contribution in [-0.4, -0.2) is 47.1 Å². The Morgan fingerprint density at radius 3 is 2.55 bits per heavy atom. The Morgan fingerprint density at radius 1 is 1.40 bits per heavy atom. The van der Waals surface area contributed by atoms with Crippen LogP contribution >= 0.6 is 0 Å². The summed E-state index contributed by atoms with van der Waals surface area (Å²) < 4.78 is 37.8. The number of nitrogens with zero attached hydrogens (tertiary/aromatic N) is 3. The standard InChI is InChI=1S/C10H10F3N5O2/c11-10(12,13)2-9(8(15)20)3-18-4-16-1-5(6(14)19)7(18)17-9/h1,4H,2-3H2,(H2,14,19)(H2,15,20). The average molecular weight is 289 g/mol. The van der Waals surface area contributed by atoms with Crippen molar-refractivity contribution in [1.29, 1.82) is 0 Å². The summed E-state index contributed by atoms with van der Waals surface area (Å²) in [7, 11) is 0. The zero-order valence-electron chi connectivity index (χ0n) is 10.0. The molecule has 2 aliphatic rings. The van der Waals surface area contributed by atoms with Gasteiger partial charge in [0.25, 0.3) is 5.91 Å². The third kappa shape index (κ3) is 2.36. The second kappa shape index (κ2) is 4.32. The number of aliphatic imine (C=N–C) groups is 2. The van der Waals surface area contributed by atoms with Gasteiger partial charge in [0.1, 0.15) is 5.84 Å². The van der Waals surface area contributed by atoms with Crippen molar-refractivity contribution < 1.29 is 22.8 Å². The van der Waals surface area contributed by atoms with Gasteiger partial charge < -0.3 is 16.4 Å². The number of amides is 2. The average Bonchev–Trinajstić information content (AvgIpc) is 2.64. The SMILES string of the molecule is NC(=O)C1=CN=CN2CC(CC(F)(F)F)(C(N)=O)N=C12. The molecule has 0 aromatic heterocycles. The normalized spacial score (nSPS) is 25.1. The molecule has 2 amide bonds. The molecule has 10 heteroatoms. The van der Waals surface area contributed by atoms with Gasteiger partial charge in [-0.3, -0.25) is 9.59 Å². The molecule has 4 N–H and O–H groups in total. The van der Waals surface area contributed by atoms with Crippen molar-refractivity contribution in [3.05, 3.63) is 11.8 Å². The van der Waals surface area contributed by atoms with Crippen LogP contribution in [0.3, 0.4) is 0 Å². The van der Waals surface area contributed by atoms with Crippen molar-refractivity contribution in [2.24, 2.45) is 21.5 Å². The minimum absolute atomic E-state index is 0.129. The zero-order valence-corrected chi connectivity index (χ0v) is 10.0. The maximum Gasteiger partial charge on any atom is 0.392 e. The fourth-order valence-electron chi connectivity index (χ4n) is 2.04. The van der Waals surface area contributed by atoms with E-state index in [4.69, 9.17) is 11.5 Å². The van der Waals surface area contributed by atoms with Crippen LogP contribution in [-0.2, 0) is 9.59 Å². The number of carbonyl (C=O) groups is 2. The number of hydrogen-bond donors (Lipinski definition) is 2. The molecule has 0 spiro atoms. The highest BCUT2D eigenvalue weighted by Gasteiger charge is 2.52. The third-order valence-electron chi connectivity index (χ3n) is 2.89. The molecule has 2 heterocycles. The molecule has 1 atom stereocenters. The van der Waals surface area contributed by atoms with Crippen molar-refractivity contribution in [3.63, 3.8) is 0 Å². The van der Waals surface area contributed by atoms with Crippen LogP contribution in [0, 0.1) is 0 Å². The highest BCUT2D eigenvalue weighted by Crippen LogP contribution is 2.35. The number of alkyl halides is 3. The molecule has 2 rings (SSSR count). The molecule has 1 unspecified atom stereocenters. The Morgan fingerprint density at radius 2 is 2.05 bits per heavy atom. The Hall–Kier alpha value is -2.39. The van der Waals surface area contributed by atoms with Crippen LogP contribution in [0.5, 0.6) is 0 Å². The van der Waals surface area contributed by atoms with Crippen molar-refractivity contribution in [3.8, 4) is 0 Å². The molecule has 0 saturated heterocycles. The first-order valence-corrected chi connectivity index (χ1v) is 5.41. The summed E-state index contributed by atoms with van der Waals surface area (Å²) in [4.78, 5) is 31.2. The number of primary amides is 2. The maximum absolute atomic E-state index is 12.6. The minimum Gasteiger partial charge on any atom is -0.367 e. The van der Waals surface area contributed by atoms with E-state index in [1.807, 2.05) is 0 Å². The Bertz CT molecular complexity index is 566. The highest BCUT2D eigenvalue weighted by atomic mass is 19.4. The summed E-state index contributed by atoms with van der Waals surface area (Å²) >= 11 is 0. The lowest BCUT2D eigenvalue weighted by atomic mass is 9.95. The first-order valence-electron chi connectivity index (χ1n) is 5.41. The molecule has 0 aliphatic carbocycles. The van der Waals surface area contributed by atoms with Gasteiger partial charge in [0.15, 0.2) is 5.54 Å². The molecule has 0 aromatic rings. The fraction of sp³-hybridized carbons (Fsp3) is 0.400. The van der Waals surface area contributed by atoms with Gasteiger partial charge in [-0.2, -0.15) is 13.2 Å². The van der Waals surface area contributed by atoms with E-state index in [1.165, 1.54) is 0 Å². The number of hydrogen-bond acceptors (Lipinski definition) is 5. The van der Waals surface area contributed by atoms with E-state index in [0.29, 0.717) is 0 Å². The topological polar surface area (TPSA) is 114 Å². The van der Waals surface area contributed by atoms with Crippen LogP contribution < -0.4 is 11.5 Å². The van der Waals surface area contributed by atoms with Gasteiger partial charge in [0.2, 0.25) is 5.91 Å². The van der Waals surface area contributed by atoms with Crippen LogP contribution in [0.2, 0.25) is 0 Å². The summed E-state index contributed by atoms with van der Waals surface area (Å²) in [6.07, 6.45) is -3.93. The van der Waals surface area contributed by atoms with E-state index >= 15 is 0 Å². The van der Waals surface area contributed by atoms with E-state index in [9.17, 15) is 22.8 Å². The molecule has 7 nitrogen and oxygen atoms in total. The summed E-state index contributed by atoms with van der Waals surface area (Å²) in [6.45, 7) is -0.439. The quantitative estimate of drug-likeness (QED) is 0.715. The number of carbonyl (C=O) groups excluding carboxylic acids is 2. The monoisotopic (exact) mass is 289 g/mol. The molecule has 0 aromatic carbocycles. The summed E-state index contributed by atoms with van der Waals surface area (Å²) in [5.41, 5.74) is 7.80. The van der Waals surface area contributed by atoms with Crippen LogP contribution in [0.15, 0.2) is 21.8 Å². The van der Waals surface area contributed by atoms with Crippen molar-refractivity contribution in [1.82, 2.24) is 4.90 Å². The maximum atomic E-state index is 12.6. The van der Waals surface area contributed by atoms with Gasteiger partial charge in [0.05, 0.1) is 24.9 Å². The van der Waals surface area contributed by atoms with Crippen molar-refractivity contribution in [2.75, 3.05) is 6.54 Å². The number of halogens is 3. The molecule has 108 valence electrons. The fourth-order valence-corrected chi connectivity index (χ4v) is 2.04. The van der Waals surface area contributed by atoms with Gasteiger partial charge in [-0.05, 0) is 0 Å². The van der Waals surface area contributed by atoms with E-state index in [2.05, 4.69) is 9.98 Å². The van der Waals surface area contributed by atoms with Crippen LogP contribution in [0.25, 0.3) is 0 Å². The first kappa shape index (κ1) is 14.0. The van der Waals surface area contributed by atoms with E-state index in [-0.39, 0.29) is 11.4 Å².